The van der Waals surface area contributed by atoms with Crippen molar-refractivity contribution >= 4 is 27.6 Å². The second-order valence-corrected chi connectivity index (χ2v) is 9.73. The van der Waals surface area contributed by atoms with E-state index in [9.17, 15) is 22.4 Å². The van der Waals surface area contributed by atoms with Crippen molar-refractivity contribution in [3.8, 4) is 0 Å². The molecule has 1 N–H and O–H groups in total. The third-order valence-electron chi connectivity index (χ3n) is 5.87. The second kappa shape index (κ2) is 9.41. The van der Waals surface area contributed by atoms with Gasteiger partial charge in [0.2, 0.25) is 15.9 Å². The molecule has 2 heterocycles. The molecule has 0 bridgehead atoms. The summed E-state index contributed by atoms with van der Waals surface area (Å²) in [6.45, 7) is 5.34. The molecule has 8 nitrogen and oxygen atoms in total. The zero-order chi connectivity index (χ0) is 23.6. The number of carbonyl (C=O) groups excluding carboxylic acids is 2. The summed E-state index contributed by atoms with van der Waals surface area (Å²) in [7, 11) is -2.36. The molecule has 3 rings (SSSR count). The lowest BCUT2D eigenvalue weighted by atomic mass is 9.99. The molecule has 1 aliphatic rings. The maximum Gasteiger partial charge on any atom is 0.341 e. The Bertz CT molecular complexity index is 1130. The minimum Gasteiger partial charge on any atom is -0.462 e. The van der Waals surface area contributed by atoms with Gasteiger partial charge < -0.3 is 14.6 Å². The molecule has 0 aliphatic carbocycles. The van der Waals surface area contributed by atoms with Crippen LogP contribution < -0.4 is 5.32 Å². The smallest absolute Gasteiger partial charge is 0.341 e. The summed E-state index contributed by atoms with van der Waals surface area (Å²) >= 11 is 0. The minimum absolute atomic E-state index is 0.00892. The van der Waals surface area contributed by atoms with E-state index < -0.39 is 27.7 Å². The highest BCUT2D eigenvalue weighted by Gasteiger charge is 2.39. The van der Waals surface area contributed by atoms with Gasteiger partial charge in [-0.2, -0.15) is 4.31 Å². The highest BCUT2D eigenvalue weighted by atomic mass is 32.2. The highest BCUT2D eigenvalue weighted by molar-refractivity contribution is 7.89. The SMILES string of the molecule is CCOC(=O)c1c(S(=O)(=O)N2CCC[C@@H](C(=O)Nc3ccc(F)cc3)C2)c(C)n(C)c1C. The van der Waals surface area contributed by atoms with E-state index in [4.69, 9.17) is 4.74 Å². The molecule has 0 saturated carbocycles. The van der Waals surface area contributed by atoms with Gasteiger partial charge >= 0.3 is 5.97 Å². The summed E-state index contributed by atoms with van der Waals surface area (Å²) in [5, 5.41) is 2.72. The zero-order valence-electron chi connectivity index (χ0n) is 18.6. The van der Waals surface area contributed by atoms with Crippen molar-refractivity contribution in [1.29, 1.82) is 0 Å². The fourth-order valence-electron chi connectivity index (χ4n) is 3.96. The van der Waals surface area contributed by atoms with E-state index in [1.165, 1.54) is 28.6 Å². The predicted molar refractivity (Wildman–Crippen MR) is 117 cm³/mol. The van der Waals surface area contributed by atoms with Gasteiger partial charge in [0.25, 0.3) is 0 Å². The van der Waals surface area contributed by atoms with Crippen LogP contribution in [0.1, 0.15) is 41.5 Å². The van der Waals surface area contributed by atoms with Crippen LogP contribution in [0.3, 0.4) is 0 Å². The van der Waals surface area contributed by atoms with Gasteiger partial charge in [0.1, 0.15) is 16.3 Å². The number of hydrogen-bond acceptors (Lipinski definition) is 5. The lowest BCUT2D eigenvalue weighted by Gasteiger charge is -2.31. The fraction of sp³-hybridized carbons (Fsp3) is 0.455. The highest BCUT2D eigenvalue weighted by Crippen LogP contribution is 2.32. The number of sulfonamides is 1. The van der Waals surface area contributed by atoms with Gasteiger partial charge in [-0.05, 0) is 57.9 Å². The molecule has 1 aliphatic heterocycles. The van der Waals surface area contributed by atoms with E-state index in [0.29, 0.717) is 29.9 Å². The summed E-state index contributed by atoms with van der Waals surface area (Å²) in [5.74, 6) is -2.00. The van der Waals surface area contributed by atoms with Gasteiger partial charge in [-0.15, -0.1) is 0 Å². The van der Waals surface area contributed by atoms with Crippen molar-refractivity contribution in [2.75, 3.05) is 25.0 Å². The van der Waals surface area contributed by atoms with Gasteiger partial charge in [-0.1, -0.05) is 0 Å². The van der Waals surface area contributed by atoms with E-state index in [0.717, 1.165) is 0 Å². The fourth-order valence-corrected chi connectivity index (χ4v) is 5.96. The first kappa shape index (κ1) is 23.9. The molecule has 1 saturated heterocycles. The van der Waals surface area contributed by atoms with E-state index >= 15 is 0 Å². The third-order valence-corrected chi connectivity index (χ3v) is 7.89. The first-order valence-corrected chi connectivity index (χ1v) is 11.9. The number of piperidine rings is 1. The van der Waals surface area contributed by atoms with Crippen molar-refractivity contribution < 1.29 is 27.1 Å². The topological polar surface area (TPSA) is 97.7 Å². The van der Waals surface area contributed by atoms with Crippen LogP contribution >= 0.6 is 0 Å². The number of halogens is 1. The van der Waals surface area contributed by atoms with Crippen LogP contribution in [0.15, 0.2) is 29.2 Å². The number of ether oxygens (including phenoxy) is 1. The molecule has 32 heavy (non-hydrogen) atoms. The van der Waals surface area contributed by atoms with Crippen LogP contribution in [-0.2, 0) is 26.6 Å². The van der Waals surface area contributed by atoms with E-state index in [1.54, 1.807) is 32.4 Å². The van der Waals surface area contributed by atoms with E-state index in [1.807, 2.05) is 0 Å². The average Bonchev–Trinajstić information content (AvgIpc) is 3.00. The van der Waals surface area contributed by atoms with Crippen molar-refractivity contribution in [3.05, 3.63) is 47.0 Å². The Morgan fingerprint density at radius 3 is 2.47 bits per heavy atom. The number of anilines is 1. The van der Waals surface area contributed by atoms with Gasteiger partial charge in [0.15, 0.2) is 0 Å². The van der Waals surface area contributed by atoms with Gasteiger partial charge in [0, 0.05) is 37.2 Å². The molecule has 10 heteroatoms. The molecule has 174 valence electrons. The van der Waals surface area contributed by atoms with Gasteiger partial charge in [0.05, 0.1) is 12.5 Å². The summed E-state index contributed by atoms with van der Waals surface area (Å²) in [6.07, 6.45) is 1.02. The standard InChI is InChI=1S/C22H28FN3O5S/c1-5-31-22(28)19-14(2)25(4)15(3)20(19)32(29,30)26-12-6-7-16(13-26)21(27)24-18-10-8-17(23)9-11-18/h8-11,16H,5-7,12-13H2,1-4H3,(H,24,27)/t16-/m1/s1. The average molecular weight is 466 g/mol. The number of aromatic nitrogens is 1. The minimum atomic E-state index is -4.05. The monoisotopic (exact) mass is 465 g/mol. The van der Waals surface area contributed by atoms with Crippen LogP contribution in [0.5, 0.6) is 0 Å². The Balaban J connectivity index is 1.87. The van der Waals surface area contributed by atoms with E-state index in [2.05, 4.69) is 5.32 Å². The first-order valence-electron chi connectivity index (χ1n) is 10.5. The molecule has 0 spiro atoms. The molecular weight excluding hydrogens is 437 g/mol. The lowest BCUT2D eigenvalue weighted by molar-refractivity contribution is -0.120. The number of nitrogens with zero attached hydrogens (tertiary/aromatic N) is 2. The predicted octanol–water partition coefficient (Wildman–Crippen LogP) is 3.00. The summed E-state index contributed by atoms with van der Waals surface area (Å²) < 4.78 is 48.3. The zero-order valence-corrected chi connectivity index (χ0v) is 19.5. The van der Waals surface area contributed by atoms with Crippen molar-refractivity contribution in [2.45, 2.75) is 38.5 Å². The van der Waals surface area contributed by atoms with Crippen molar-refractivity contribution in [1.82, 2.24) is 8.87 Å². The molecule has 1 fully saturated rings. The number of benzene rings is 1. The number of carbonyl (C=O) groups is 2. The largest absolute Gasteiger partial charge is 0.462 e. The molecule has 1 aromatic carbocycles. The van der Waals surface area contributed by atoms with Crippen molar-refractivity contribution in [2.24, 2.45) is 13.0 Å². The first-order chi connectivity index (χ1) is 15.1. The molecule has 2 aromatic rings. The normalized spacial score (nSPS) is 17.2. The van der Waals surface area contributed by atoms with Crippen LogP contribution in [-0.4, -0.2) is 48.9 Å². The number of amides is 1. The Morgan fingerprint density at radius 2 is 1.84 bits per heavy atom. The summed E-state index contributed by atoms with van der Waals surface area (Å²) in [5.41, 5.74) is 1.41. The molecule has 1 atom stereocenters. The van der Waals surface area contributed by atoms with Gasteiger partial charge in [-0.25, -0.2) is 17.6 Å². The van der Waals surface area contributed by atoms with E-state index in [-0.39, 0.29) is 36.1 Å². The Morgan fingerprint density at radius 1 is 1.19 bits per heavy atom. The Labute approximate surface area is 187 Å². The van der Waals surface area contributed by atoms with Crippen LogP contribution in [0, 0.1) is 25.6 Å². The second-order valence-electron chi connectivity index (χ2n) is 7.85. The number of rotatable bonds is 6. The number of nitrogens with one attached hydrogen (secondary N) is 1. The third kappa shape index (κ3) is 4.56. The molecule has 0 unspecified atom stereocenters. The lowest BCUT2D eigenvalue weighted by Crippen LogP contribution is -2.44. The number of hydrogen-bond donors (Lipinski definition) is 1. The Kier molecular flexibility index (Phi) is 7.04. The molecular formula is C22H28FN3O5S. The van der Waals surface area contributed by atoms with Crippen molar-refractivity contribution in [3.63, 3.8) is 0 Å². The maximum atomic E-state index is 13.6. The summed E-state index contributed by atoms with van der Waals surface area (Å²) in [6, 6.07) is 5.38. The quantitative estimate of drug-likeness (QED) is 0.662. The molecule has 0 radical (unpaired) electrons. The van der Waals surface area contributed by atoms with Gasteiger partial charge in [-0.3, -0.25) is 4.79 Å². The molecule has 1 aromatic heterocycles. The molecule has 1 amide bonds. The van der Waals surface area contributed by atoms with Crippen LogP contribution in [0.2, 0.25) is 0 Å². The Hall–Kier alpha value is -2.72. The number of esters is 1. The van der Waals surface area contributed by atoms with Crippen LogP contribution in [0.25, 0.3) is 0 Å². The van der Waals surface area contributed by atoms with Crippen LogP contribution in [0.4, 0.5) is 10.1 Å². The maximum absolute atomic E-state index is 13.6. The summed E-state index contributed by atoms with van der Waals surface area (Å²) in [4.78, 5) is 25.2.